The highest BCUT2D eigenvalue weighted by Crippen LogP contribution is 2.25. The van der Waals surface area contributed by atoms with Gasteiger partial charge in [-0.3, -0.25) is 10.1 Å². The summed E-state index contributed by atoms with van der Waals surface area (Å²) in [4.78, 5) is 19.5. The molecule has 16 heavy (non-hydrogen) atoms. The molecular weight excluding hydrogens is 228 g/mol. The molecule has 0 heterocycles. The van der Waals surface area contributed by atoms with E-state index >= 15 is 0 Å². The van der Waals surface area contributed by atoms with E-state index in [0.717, 1.165) is 0 Å². The Balaban J connectivity index is 3.33. The van der Waals surface area contributed by atoms with Gasteiger partial charge in [0.25, 0.3) is 5.69 Å². The standard InChI is InChI=1S/C8H5F2NO5/c9-4-1-3(11(15)16)2-5(10)6(4)7(12)8(13)14/h1-2,7,12H,(H,13,14)/t7-/m1/s1. The van der Waals surface area contributed by atoms with Crippen LogP contribution in [0.25, 0.3) is 0 Å². The third kappa shape index (κ3) is 2.11. The van der Waals surface area contributed by atoms with E-state index in [1.54, 1.807) is 0 Å². The maximum absolute atomic E-state index is 13.1. The smallest absolute Gasteiger partial charge is 0.337 e. The van der Waals surface area contributed by atoms with Gasteiger partial charge in [0.05, 0.1) is 22.6 Å². The van der Waals surface area contributed by atoms with Gasteiger partial charge < -0.3 is 10.2 Å². The molecule has 0 unspecified atom stereocenters. The molecule has 0 aliphatic rings. The van der Waals surface area contributed by atoms with Crippen LogP contribution in [0.2, 0.25) is 0 Å². The number of rotatable bonds is 3. The Morgan fingerprint density at radius 1 is 1.38 bits per heavy atom. The third-order valence-electron chi connectivity index (χ3n) is 1.78. The third-order valence-corrected chi connectivity index (χ3v) is 1.78. The van der Waals surface area contributed by atoms with Gasteiger partial charge in [-0.15, -0.1) is 0 Å². The lowest BCUT2D eigenvalue weighted by Crippen LogP contribution is -2.14. The average molecular weight is 233 g/mol. The number of nitrogens with zero attached hydrogens (tertiary/aromatic N) is 1. The van der Waals surface area contributed by atoms with Crippen molar-refractivity contribution in [2.24, 2.45) is 0 Å². The molecule has 0 amide bonds. The van der Waals surface area contributed by atoms with Crippen molar-refractivity contribution in [1.29, 1.82) is 0 Å². The molecule has 0 aliphatic heterocycles. The summed E-state index contributed by atoms with van der Waals surface area (Å²) in [6.45, 7) is 0. The van der Waals surface area contributed by atoms with Crippen LogP contribution >= 0.6 is 0 Å². The van der Waals surface area contributed by atoms with Gasteiger partial charge in [0.2, 0.25) is 0 Å². The van der Waals surface area contributed by atoms with Crippen LogP contribution in [0.4, 0.5) is 14.5 Å². The molecule has 1 aromatic carbocycles. The molecule has 0 saturated carbocycles. The van der Waals surface area contributed by atoms with Gasteiger partial charge in [-0.1, -0.05) is 0 Å². The van der Waals surface area contributed by atoms with Crippen molar-refractivity contribution < 1.29 is 28.7 Å². The van der Waals surface area contributed by atoms with Crippen molar-refractivity contribution in [2.75, 3.05) is 0 Å². The largest absolute Gasteiger partial charge is 0.479 e. The average Bonchev–Trinajstić information content (AvgIpc) is 2.15. The quantitative estimate of drug-likeness (QED) is 0.598. The second kappa shape index (κ2) is 4.19. The fourth-order valence-corrected chi connectivity index (χ4v) is 1.06. The predicted octanol–water partition coefficient (Wildman–Crippen LogP) is 0.991. The Bertz CT molecular complexity index is 439. The summed E-state index contributed by atoms with van der Waals surface area (Å²) in [7, 11) is 0. The number of nitro groups is 1. The van der Waals surface area contributed by atoms with E-state index in [0.29, 0.717) is 12.1 Å². The first kappa shape index (κ1) is 12.0. The van der Waals surface area contributed by atoms with E-state index in [1.165, 1.54) is 0 Å². The van der Waals surface area contributed by atoms with E-state index in [9.17, 15) is 23.7 Å². The van der Waals surface area contributed by atoms with Crippen LogP contribution < -0.4 is 0 Å². The maximum Gasteiger partial charge on any atom is 0.337 e. The highest BCUT2D eigenvalue weighted by molar-refractivity contribution is 5.74. The zero-order chi connectivity index (χ0) is 12.5. The van der Waals surface area contributed by atoms with Crippen LogP contribution in [0.3, 0.4) is 0 Å². The summed E-state index contributed by atoms with van der Waals surface area (Å²) in [5.74, 6) is -4.82. The zero-order valence-corrected chi connectivity index (χ0v) is 7.55. The number of nitro benzene ring substituents is 1. The first-order valence-corrected chi connectivity index (χ1v) is 3.88. The molecule has 1 rings (SSSR count). The van der Waals surface area contributed by atoms with E-state index in [4.69, 9.17) is 10.2 Å². The summed E-state index contributed by atoms with van der Waals surface area (Å²) < 4.78 is 26.2. The van der Waals surface area contributed by atoms with Gasteiger partial charge in [0.15, 0.2) is 6.10 Å². The van der Waals surface area contributed by atoms with Gasteiger partial charge in [-0.2, -0.15) is 0 Å². The van der Waals surface area contributed by atoms with Crippen LogP contribution in [0.5, 0.6) is 0 Å². The van der Waals surface area contributed by atoms with Crippen molar-refractivity contribution in [3.8, 4) is 0 Å². The van der Waals surface area contributed by atoms with Crippen molar-refractivity contribution >= 4 is 11.7 Å². The Kier molecular flexibility index (Phi) is 3.14. The number of carboxylic acids is 1. The highest BCUT2D eigenvalue weighted by Gasteiger charge is 2.26. The molecular formula is C8H5F2NO5. The van der Waals surface area contributed by atoms with E-state index in [-0.39, 0.29) is 0 Å². The molecule has 0 saturated heterocycles. The van der Waals surface area contributed by atoms with Crippen LogP contribution in [0, 0.1) is 21.7 Å². The van der Waals surface area contributed by atoms with E-state index in [1.807, 2.05) is 0 Å². The van der Waals surface area contributed by atoms with Gasteiger partial charge in [0, 0.05) is 0 Å². The molecule has 0 fully saturated rings. The summed E-state index contributed by atoms with van der Waals surface area (Å²) in [6.07, 6.45) is -2.40. The van der Waals surface area contributed by atoms with Crippen molar-refractivity contribution in [2.45, 2.75) is 6.10 Å². The molecule has 0 bridgehead atoms. The number of hydrogen-bond donors (Lipinski definition) is 2. The van der Waals surface area contributed by atoms with Crippen molar-refractivity contribution in [3.63, 3.8) is 0 Å². The van der Waals surface area contributed by atoms with Gasteiger partial charge in [-0.25, -0.2) is 13.6 Å². The molecule has 1 atom stereocenters. The van der Waals surface area contributed by atoms with Crippen LogP contribution in [0.1, 0.15) is 11.7 Å². The lowest BCUT2D eigenvalue weighted by atomic mass is 10.1. The topological polar surface area (TPSA) is 101 Å². The van der Waals surface area contributed by atoms with E-state index in [2.05, 4.69) is 0 Å². The van der Waals surface area contributed by atoms with Gasteiger partial charge in [0.1, 0.15) is 11.6 Å². The highest BCUT2D eigenvalue weighted by atomic mass is 19.1. The Hall–Kier alpha value is -2.09. The molecule has 8 heteroatoms. The number of hydrogen-bond acceptors (Lipinski definition) is 4. The Labute approximate surface area is 86.9 Å². The second-order valence-corrected chi connectivity index (χ2v) is 2.82. The lowest BCUT2D eigenvalue weighted by molar-refractivity contribution is -0.385. The van der Waals surface area contributed by atoms with Crippen LogP contribution in [0.15, 0.2) is 12.1 Å². The summed E-state index contributed by atoms with van der Waals surface area (Å²) in [5.41, 5.74) is -1.99. The monoisotopic (exact) mass is 233 g/mol. The minimum absolute atomic E-state index is 0.338. The normalized spacial score (nSPS) is 12.2. The Morgan fingerprint density at radius 2 is 1.81 bits per heavy atom. The minimum Gasteiger partial charge on any atom is -0.479 e. The maximum atomic E-state index is 13.1. The fraction of sp³-hybridized carbons (Fsp3) is 0.125. The minimum atomic E-state index is -2.40. The van der Waals surface area contributed by atoms with Crippen molar-refractivity contribution in [1.82, 2.24) is 0 Å². The van der Waals surface area contributed by atoms with Crippen LogP contribution in [-0.2, 0) is 4.79 Å². The predicted molar refractivity (Wildman–Crippen MR) is 45.6 cm³/mol. The number of aliphatic carboxylic acids is 1. The molecule has 1 aromatic rings. The zero-order valence-electron chi connectivity index (χ0n) is 7.55. The molecule has 0 aliphatic carbocycles. The molecule has 0 radical (unpaired) electrons. The lowest BCUT2D eigenvalue weighted by Gasteiger charge is -2.07. The van der Waals surface area contributed by atoms with Gasteiger partial charge >= 0.3 is 5.97 Å². The first-order chi connectivity index (χ1) is 7.34. The summed E-state index contributed by atoms with van der Waals surface area (Å²) in [6, 6.07) is 0.676. The molecule has 0 aromatic heterocycles. The summed E-state index contributed by atoms with van der Waals surface area (Å²) >= 11 is 0. The van der Waals surface area contributed by atoms with E-state index < -0.39 is 39.9 Å². The summed E-state index contributed by atoms with van der Waals surface area (Å²) in [5, 5.41) is 27.5. The number of carbonyl (C=O) groups is 1. The number of carboxylic acid groups (broad SMARTS) is 1. The molecule has 6 nitrogen and oxygen atoms in total. The fourth-order valence-electron chi connectivity index (χ4n) is 1.06. The van der Waals surface area contributed by atoms with Crippen LogP contribution in [-0.4, -0.2) is 21.1 Å². The number of non-ortho nitro benzene ring substituents is 1. The second-order valence-electron chi connectivity index (χ2n) is 2.82. The number of aliphatic hydroxyl groups is 1. The Morgan fingerprint density at radius 3 is 2.12 bits per heavy atom. The first-order valence-electron chi connectivity index (χ1n) is 3.88. The number of aliphatic hydroxyl groups excluding tert-OH is 1. The van der Waals surface area contributed by atoms with Crippen molar-refractivity contribution in [3.05, 3.63) is 39.4 Å². The SMILES string of the molecule is O=C(O)[C@H](O)c1c(F)cc([N+](=O)[O-])cc1F. The molecule has 2 N–H and O–H groups in total. The van der Waals surface area contributed by atoms with Gasteiger partial charge in [-0.05, 0) is 0 Å². The molecule has 86 valence electrons. The number of halogens is 2. The molecule has 0 spiro atoms. The number of benzene rings is 1.